The lowest BCUT2D eigenvalue weighted by Gasteiger charge is -2.09. The van der Waals surface area contributed by atoms with Gasteiger partial charge in [0.1, 0.15) is 5.76 Å². The van der Waals surface area contributed by atoms with Crippen LogP contribution >= 0.6 is 0 Å². The van der Waals surface area contributed by atoms with Crippen molar-refractivity contribution < 1.29 is 12.8 Å². The molecule has 90 valence electrons. The Morgan fingerprint density at radius 3 is 2.59 bits per heavy atom. The molecular weight excluding hydrogens is 238 g/mol. The Labute approximate surface area is 100 Å². The fraction of sp³-hybridized carbons (Fsp3) is 0.167. The van der Waals surface area contributed by atoms with Gasteiger partial charge in [0.2, 0.25) is 0 Å². The van der Waals surface area contributed by atoms with Crippen LogP contribution in [0.15, 0.2) is 52.0 Å². The number of nitrogens with one attached hydrogen (secondary N) is 1. The van der Waals surface area contributed by atoms with E-state index < -0.39 is 9.84 Å². The maximum atomic E-state index is 11.6. The van der Waals surface area contributed by atoms with Crippen molar-refractivity contribution in [3.8, 4) is 0 Å². The molecular formula is C12H13NO3S. The molecule has 0 aliphatic carbocycles. The van der Waals surface area contributed by atoms with Crippen LogP contribution in [-0.4, -0.2) is 14.7 Å². The zero-order valence-corrected chi connectivity index (χ0v) is 10.2. The van der Waals surface area contributed by atoms with Crippen molar-refractivity contribution in [1.29, 1.82) is 0 Å². The lowest BCUT2D eigenvalue weighted by molar-refractivity contribution is 0.518. The molecule has 17 heavy (non-hydrogen) atoms. The van der Waals surface area contributed by atoms with Gasteiger partial charge in [-0.25, -0.2) is 8.42 Å². The lowest BCUT2D eigenvalue weighted by Crippen LogP contribution is -2.05. The predicted molar refractivity (Wildman–Crippen MR) is 65.6 cm³/mol. The second kappa shape index (κ2) is 4.63. The van der Waals surface area contributed by atoms with E-state index in [0.29, 0.717) is 17.1 Å². The molecule has 0 radical (unpaired) electrons. The summed E-state index contributed by atoms with van der Waals surface area (Å²) >= 11 is 0. The van der Waals surface area contributed by atoms with Crippen LogP contribution in [-0.2, 0) is 16.4 Å². The molecule has 0 fully saturated rings. The molecule has 1 aromatic carbocycles. The molecule has 0 saturated carbocycles. The summed E-state index contributed by atoms with van der Waals surface area (Å²) in [6, 6.07) is 10.4. The third kappa shape index (κ3) is 2.88. The number of hydrogen-bond donors (Lipinski definition) is 1. The van der Waals surface area contributed by atoms with Crippen LogP contribution in [0.2, 0.25) is 0 Å². The second-order valence-corrected chi connectivity index (χ2v) is 5.69. The van der Waals surface area contributed by atoms with Gasteiger partial charge in [0.15, 0.2) is 9.84 Å². The standard InChI is InChI=1S/C12H13NO3S/c1-17(14,15)12-7-3-2-6-11(12)13-9-10-5-4-8-16-10/h2-8,13H,9H2,1H3. The van der Waals surface area contributed by atoms with Gasteiger partial charge in [-0.3, -0.25) is 0 Å². The van der Waals surface area contributed by atoms with Gasteiger partial charge >= 0.3 is 0 Å². The van der Waals surface area contributed by atoms with Gasteiger partial charge in [-0.1, -0.05) is 12.1 Å². The first-order valence-electron chi connectivity index (χ1n) is 5.13. The maximum absolute atomic E-state index is 11.6. The number of hydrogen-bond acceptors (Lipinski definition) is 4. The third-order valence-electron chi connectivity index (χ3n) is 2.32. The number of benzene rings is 1. The SMILES string of the molecule is CS(=O)(=O)c1ccccc1NCc1ccco1. The summed E-state index contributed by atoms with van der Waals surface area (Å²) in [7, 11) is -3.22. The number of para-hydroxylation sites is 1. The Morgan fingerprint density at radius 1 is 1.18 bits per heavy atom. The summed E-state index contributed by atoms with van der Waals surface area (Å²) in [6.45, 7) is 0.458. The number of anilines is 1. The predicted octanol–water partition coefficient (Wildman–Crippen LogP) is 2.30. The van der Waals surface area contributed by atoms with Crippen LogP contribution in [0, 0.1) is 0 Å². The Balaban J connectivity index is 2.22. The second-order valence-electron chi connectivity index (χ2n) is 3.70. The molecule has 0 unspecified atom stereocenters. The average Bonchev–Trinajstić information content (AvgIpc) is 2.78. The average molecular weight is 251 g/mol. The van der Waals surface area contributed by atoms with E-state index in [0.717, 1.165) is 5.76 Å². The monoisotopic (exact) mass is 251 g/mol. The van der Waals surface area contributed by atoms with E-state index in [9.17, 15) is 8.42 Å². The highest BCUT2D eigenvalue weighted by atomic mass is 32.2. The first-order chi connectivity index (χ1) is 8.07. The van der Waals surface area contributed by atoms with Crippen molar-refractivity contribution in [2.75, 3.05) is 11.6 Å². The van der Waals surface area contributed by atoms with Crippen LogP contribution in [0.1, 0.15) is 5.76 Å². The van der Waals surface area contributed by atoms with E-state index in [1.807, 2.05) is 6.07 Å². The van der Waals surface area contributed by atoms with Crippen molar-refractivity contribution in [1.82, 2.24) is 0 Å². The van der Waals surface area contributed by atoms with E-state index in [1.165, 1.54) is 6.26 Å². The van der Waals surface area contributed by atoms with E-state index >= 15 is 0 Å². The van der Waals surface area contributed by atoms with Crippen molar-refractivity contribution in [2.24, 2.45) is 0 Å². The molecule has 0 bridgehead atoms. The fourth-order valence-corrected chi connectivity index (χ4v) is 2.40. The maximum Gasteiger partial charge on any atom is 0.177 e. The topological polar surface area (TPSA) is 59.3 Å². The van der Waals surface area contributed by atoms with Crippen molar-refractivity contribution in [3.63, 3.8) is 0 Å². The quantitative estimate of drug-likeness (QED) is 0.905. The molecule has 0 spiro atoms. The van der Waals surface area contributed by atoms with E-state index in [-0.39, 0.29) is 0 Å². The normalized spacial score (nSPS) is 11.4. The van der Waals surface area contributed by atoms with Gasteiger partial charge < -0.3 is 9.73 Å². The smallest absolute Gasteiger partial charge is 0.177 e. The molecule has 0 aliphatic rings. The molecule has 1 aromatic heterocycles. The van der Waals surface area contributed by atoms with Gasteiger partial charge in [-0.15, -0.1) is 0 Å². The van der Waals surface area contributed by atoms with Gasteiger partial charge in [-0.2, -0.15) is 0 Å². The van der Waals surface area contributed by atoms with E-state index in [1.54, 1.807) is 36.6 Å². The summed E-state index contributed by atoms with van der Waals surface area (Å²) in [5.41, 5.74) is 0.589. The highest BCUT2D eigenvalue weighted by molar-refractivity contribution is 7.90. The van der Waals surface area contributed by atoms with Crippen LogP contribution in [0.4, 0.5) is 5.69 Å². The molecule has 1 heterocycles. The molecule has 0 saturated heterocycles. The first kappa shape index (κ1) is 11.7. The third-order valence-corrected chi connectivity index (χ3v) is 3.47. The summed E-state index contributed by atoms with van der Waals surface area (Å²) in [4.78, 5) is 0.298. The van der Waals surface area contributed by atoms with Crippen LogP contribution in [0.3, 0.4) is 0 Å². The molecule has 5 heteroatoms. The van der Waals surface area contributed by atoms with Crippen molar-refractivity contribution in [2.45, 2.75) is 11.4 Å². The van der Waals surface area contributed by atoms with Gasteiger partial charge in [0.25, 0.3) is 0 Å². The zero-order valence-electron chi connectivity index (χ0n) is 9.38. The highest BCUT2D eigenvalue weighted by Gasteiger charge is 2.12. The Morgan fingerprint density at radius 2 is 1.94 bits per heavy atom. The van der Waals surface area contributed by atoms with Crippen LogP contribution < -0.4 is 5.32 Å². The Bertz CT molecular complexity index is 588. The highest BCUT2D eigenvalue weighted by Crippen LogP contribution is 2.21. The van der Waals surface area contributed by atoms with Gasteiger partial charge in [-0.05, 0) is 24.3 Å². The fourth-order valence-electron chi connectivity index (χ4n) is 1.53. The minimum Gasteiger partial charge on any atom is -0.467 e. The van der Waals surface area contributed by atoms with Crippen molar-refractivity contribution in [3.05, 3.63) is 48.4 Å². The summed E-state index contributed by atoms with van der Waals surface area (Å²) in [5.74, 6) is 0.758. The Hall–Kier alpha value is -1.75. The number of sulfone groups is 1. The van der Waals surface area contributed by atoms with E-state index in [2.05, 4.69) is 5.32 Å². The molecule has 0 atom stereocenters. The molecule has 2 rings (SSSR count). The Kier molecular flexibility index (Phi) is 3.19. The zero-order chi connectivity index (χ0) is 12.3. The largest absolute Gasteiger partial charge is 0.467 e. The van der Waals surface area contributed by atoms with Crippen LogP contribution in [0.25, 0.3) is 0 Å². The van der Waals surface area contributed by atoms with E-state index in [4.69, 9.17) is 4.42 Å². The minimum absolute atomic E-state index is 0.298. The lowest BCUT2D eigenvalue weighted by atomic mass is 10.3. The van der Waals surface area contributed by atoms with Gasteiger partial charge in [0.05, 0.1) is 23.4 Å². The molecule has 0 aliphatic heterocycles. The minimum atomic E-state index is -3.22. The number of rotatable bonds is 4. The van der Waals surface area contributed by atoms with Crippen LogP contribution in [0.5, 0.6) is 0 Å². The summed E-state index contributed by atoms with van der Waals surface area (Å²) in [6.07, 6.45) is 2.78. The van der Waals surface area contributed by atoms with Crippen molar-refractivity contribution >= 4 is 15.5 Å². The number of furan rings is 1. The first-order valence-corrected chi connectivity index (χ1v) is 7.02. The molecule has 2 aromatic rings. The summed E-state index contributed by atoms with van der Waals surface area (Å²) < 4.78 is 28.3. The molecule has 1 N–H and O–H groups in total. The van der Waals surface area contributed by atoms with Gasteiger partial charge in [0, 0.05) is 6.26 Å². The molecule has 0 amide bonds. The summed E-state index contributed by atoms with van der Waals surface area (Å²) in [5, 5.41) is 3.05. The molecule has 4 nitrogen and oxygen atoms in total.